The van der Waals surface area contributed by atoms with Gasteiger partial charge in [0.15, 0.2) is 11.2 Å². The molecule has 4 aliphatic rings. The molecule has 3 saturated heterocycles. The Morgan fingerprint density at radius 1 is 1.22 bits per heavy atom. The molecule has 46 heavy (non-hydrogen) atoms. The molecule has 0 amide bonds. The molecule has 0 spiro atoms. The largest absolute Gasteiger partial charge is 0.508 e. The molecule has 8 nitrogen and oxygen atoms in total. The summed E-state index contributed by atoms with van der Waals surface area (Å²) in [7, 11) is 2.07. The topological polar surface area (TPSA) is 103 Å². The molecule has 9 heteroatoms. The van der Waals surface area contributed by atoms with Crippen LogP contribution in [0.15, 0.2) is 59.5 Å². The fourth-order valence-electron chi connectivity index (χ4n) is 8.34. The van der Waals surface area contributed by atoms with Crippen molar-refractivity contribution in [1.29, 1.82) is 5.26 Å². The molecule has 3 aliphatic heterocycles. The van der Waals surface area contributed by atoms with Crippen LogP contribution in [0.4, 0.5) is 4.39 Å². The summed E-state index contributed by atoms with van der Waals surface area (Å²) in [4.78, 5) is 20.9. The van der Waals surface area contributed by atoms with E-state index >= 15 is 4.39 Å². The number of fused-ring (bicyclic) bond motifs is 5. The highest BCUT2D eigenvalue weighted by molar-refractivity contribution is 6.09. The third kappa shape index (κ3) is 4.46. The van der Waals surface area contributed by atoms with Crippen LogP contribution in [0.1, 0.15) is 44.2 Å². The summed E-state index contributed by atoms with van der Waals surface area (Å²) in [5.41, 5.74) is 1.96. The van der Waals surface area contributed by atoms with Crippen molar-refractivity contribution in [3.8, 4) is 28.8 Å². The van der Waals surface area contributed by atoms with Gasteiger partial charge in [-0.1, -0.05) is 24.3 Å². The van der Waals surface area contributed by atoms with Crippen LogP contribution in [0.2, 0.25) is 0 Å². The van der Waals surface area contributed by atoms with Crippen LogP contribution in [0.5, 0.6) is 11.6 Å². The fourth-order valence-corrected chi connectivity index (χ4v) is 8.34. The summed E-state index contributed by atoms with van der Waals surface area (Å²) in [6.07, 6.45) is 5.12. The first-order valence-electron chi connectivity index (χ1n) is 16.2. The number of hydrogen-bond acceptors (Lipinski definition) is 7. The molecular formula is C37H36FN5O3. The number of halogens is 1. The van der Waals surface area contributed by atoms with Crippen LogP contribution in [-0.4, -0.2) is 57.9 Å². The van der Waals surface area contributed by atoms with E-state index in [4.69, 9.17) is 9.72 Å². The number of nitrogens with zero attached hydrogens (tertiary/aromatic N) is 4. The number of aromatic hydroxyl groups is 1. The Balaban J connectivity index is 1.45. The molecule has 5 aromatic rings. The molecule has 2 bridgehead atoms. The number of ether oxygens (including phenoxy) is 1. The van der Waals surface area contributed by atoms with Crippen LogP contribution in [0.3, 0.4) is 0 Å². The normalized spacial score (nSPS) is 23.2. The number of likely N-dealkylation sites (N-methyl/N-ethyl adjacent to an activating group) is 1. The zero-order valence-electron chi connectivity index (χ0n) is 26.0. The maximum atomic E-state index is 17.4. The van der Waals surface area contributed by atoms with Crippen molar-refractivity contribution in [2.45, 2.75) is 63.3 Å². The highest BCUT2D eigenvalue weighted by atomic mass is 19.1. The van der Waals surface area contributed by atoms with E-state index in [-0.39, 0.29) is 53.2 Å². The molecule has 234 valence electrons. The zero-order valence-corrected chi connectivity index (χ0v) is 26.0. The van der Waals surface area contributed by atoms with Crippen molar-refractivity contribution in [2.24, 2.45) is 5.92 Å². The zero-order chi connectivity index (χ0) is 31.7. The highest BCUT2D eigenvalue weighted by Gasteiger charge is 2.48. The van der Waals surface area contributed by atoms with E-state index in [2.05, 4.69) is 27.9 Å². The summed E-state index contributed by atoms with van der Waals surface area (Å²) >= 11 is 0. The molecule has 1 saturated carbocycles. The quantitative estimate of drug-likeness (QED) is 0.214. The molecule has 5 atom stereocenters. The lowest BCUT2D eigenvalue weighted by Crippen LogP contribution is -2.39. The first-order chi connectivity index (χ1) is 22.3. The second kappa shape index (κ2) is 11.1. The van der Waals surface area contributed by atoms with Crippen molar-refractivity contribution in [2.75, 3.05) is 20.1 Å². The summed E-state index contributed by atoms with van der Waals surface area (Å²) in [6.45, 7) is 3.86. The number of benzene rings is 3. The van der Waals surface area contributed by atoms with Gasteiger partial charge in [-0.05, 0) is 92.2 Å². The molecule has 4 fully saturated rings. The van der Waals surface area contributed by atoms with Gasteiger partial charge < -0.3 is 19.7 Å². The van der Waals surface area contributed by atoms with E-state index in [1.54, 1.807) is 18.2 Å². The number of phenolic OH excluding ortho intramolecular Hbond substituents is 1. The molecular weight excluding hydrogens is 581 g/mol. The van der Waals surface area contributed by atoms with Gasteiger partial charge in [-0.2, -0.15) is 5.26 Å². The van der Waals surface area contributed by atoms with Gasteiger partial charge in [0, 0.05) is 48.3 Å². The van der Waals surface area contributed by atoms with E-state index in [1.807, 2.05) is 43.5 Å². The van der Waals surface area contributed by atoms with Gasteiger partial charge in [0.1, 0.15) is 22.8 Å². The van der Waals surface area contributed by atoms with Gasteiger partial charge >= 0.3 is 0 Å². The summed E-state index contributed by atoms with van der Waals surface area (Å²) in [6, 6.07) is 17.0. The Morgan fingerprint density at radius 2 is 2.07 bits per heavy atom. The maximum absolute atomic E-state index is 17.4. The van der Waals surface area contributed by atoms with E-state index < -0.39 is 5.82 Å². The van der Waals surface area contributed by atoms with E-state index in [0.717, 1.165) is 43.1 Å². The Morgan fingerprint density at radius 3 is 2.80 bits per heavy atom. The van der Waals surface area contributed by atoms with Crippen molar-refractivity contribution in [3.63, 3.8) is 0 Å². The fraction of sp³-hybridized carbons (Fsp3) is 0.378. The molecule has 5 heterocycles. The van der Waals surface area contributed by atoms with Crippen molar-refractivity contribution in [3.05, 3.63) is 76.3 Å². The average Bonchev–Trinajstić information content (AvgIpc) is 3.80. The number of hydrogen-bond donors (Lipinski definition) is 2. The minimum absolute atomic E-state index is 0.0197. The number of pyridine rings is 2. The van der Waals surface area contributed by atoms with Gasteiger partial charge in [-0.15, -0.1) is 0 Å². The predicted octanol–water partition coefficient (Wildman–Crippen LogP) is 6.07. The van der Waals surface area contributed by atoms with Crippen molar-refractivity contribution < 1.29 is 14.2 Å². The molecule has 3 aromatic carbocycles. The summed E-state index contributed by atoms with van der Waals surface area (Å²) in [5.74, 6) is 0.0159. The minimum Gasteiger partial charge on any atom is -0.508 e. The van der Waals surface area contributed by atoms with Crippen LogP contribution in [-0.2, 0) is 6.42 Å². The molecule has 2 N–H and O–H groups in total. The second-order valence-corrected chi connectivity index (χ2v) is 13.2. The monoisotopic (exact) mass is 617 g/mol. The van der Waals surface area contributed by atoms with Gasteiger partial charge in [0.25, 0.3) is 0 Å². The van der Waals surface area contributed by atoms with E-state index in [0.29, 0.717) is 45.3 Å². The van der Waals surface area contributed by atoms with Crippen molar-refractivity contribution in [1.82, 2.24) is 19.8 Å². The third-order valence-corrected chi connectivity index (χ3v) is 10.6. The number of aryl methyl sites for hydroxylation is 1. The lowest BCUT2D eigenvalue weighted by molar-refractivity contribution is 0.119. The number of aromatic nitrogens is 2. The number of rotatable bonds is 7. The van der Waals surface area contributed by atoms with Crippen LogP contribution in [0.25, 0.3) is 43.7 Å². The molecule has 1 unspecified atom stereocenters. The van der Waals surface area contributed by atoms with Crippen LogP contribution < -0.4 is 15.5 Å². The second-order valence-electron chi connectivity index (χ2n) is 13.2. The molecule has 0 radical (unpaired) electrons. The lowest BCUT2D eigenvalue weighted by atomic mass is 9.79. The molecule has 2 aromatic heterocycles. The Bertz CT molecular complexity index is 2120. The van der Waals surface area contributed by atoms with Gasteiger partial charge in [0.05, 0.1) is 17.6 Å². The number of phenols is 1. The minimum atomic E-state index is -0.559. The van der Waals surface area contributed by atoms with E-state index in [9.17, 15) is 15.2 Å². The van der Waals surface area contributed by atoms with Crippen LogP contribution in [0, 0.1) is 23.1 Å². The third-order valence-electron chi connectivity index (χ3n) is 10.6. The Labute approximate surface area is 266 Å². The summed E-state index contributed by atoms with van der Waals surface area (Å²) < 4.78 is 26.1. The van der Waals surface area contributed by atoms with Gasteiger partial charge in [-0.3, -0.25) is 9.69 Å². The van der Waals surface area contributed by atoms with Gasteiger partial charge in [-0.25, -0.2) is 9.37 Å². The number of nitrogens with one attached hydrogen (secondary N) is 1. The SMILES string of the molecule is C[C@H](Oc1nc2c(F)c(-c3cc(O)cc4ccccc34)c(CCC#N)cc2c2c1c(=O)ccn2[C@H]1[C@H]2CN[C@@H]1C2)C1CCCN1C. The smallest absolute Gasteiger partial charge is 0.227 e. The maximum Gasteiger partial charge on any atom is 0.227 e. The predicted molar refractivity (Wildman–Crippen MR) is 177 cm³/mol. The van der Waals surface area contributed by atoms with Crippen molar-refractivity contribution >= 4 is 32.6 Å². The molecule has 9 rings (SSSR count). The average molecular weight is 618 g/mol. The highest BCUT2D eigenvalue weighted by Crippen LogP contribution is 2.47. The number of nitriles is 1. The Hall–Kier alpha value is -4.52. The standard InChI is InChI=1S/C37H36FN5O3/c1-20(29-10-6-13-42(29)2)46-37-32-30(45)11-14-43(35-23-17-28(35)40-19-23)36(32)27-16-22(8-5-12-39)31(33(38)34(27)41-37)26-18-24(44)15-21-7-3-4-9-25(21)26/h3-4,7,9,11,14-16,18,20,23,28-29,35,40,44H,5-6,8,10,13,17,19H2,1-2H3/t20-,23+,28+,29?,35-/m0/s1. The van der Waals surface area contributed by atoms with Crippen LogP contribution >= 0.6 is 0 Å². The first kappa shape index (κ1) is 28.9. The van der Waals surface area contributed by atoms with E-state index in [1.165, 1.54) is 0 Å². The van der Waals surface area contributed by atoms with Gasteiger partial charge in [0.2, 0.25) is 5.88 Å². The first-order valence-corrected chi connectivity index (χ1v) is 16.2. The summed E-state index contributed by atoms with van der Waals surface area (Å²) in [5, 5.41) is 26.3. The molecule has 1 aliphatic carbocycles. The lowest BCUT2D eigenvalue weighted by Gasteiger charge is -2.37. The number of likely N-dealkylation sites (tertiary alicyclic amines) is 1. The Kier molecular flexibility index (Phi) is 6.96.